The van der Waals surface area contributed by atoms with E-state index in [0.29, 0.717) is 5.92 Å². The summed E-state index contributed by atoms with van der Waals surface area (Å²) in [6, 6.07) is 7.41. The van der Waals surface area contributed by atoms with E-state index in [2.05, 4.69) is 11.4 Å². The lowest BCUT2D eigenvalue weighted by Crippen LogP contribution is -2.42. The van der Waals surface area contributed by atoms with E-state index in [1.165, 1.54) is 31.4 Å². The van der Waals surface area contributed by atoms with Gasteiger partial charge in [0, 0.05) is 5.69 Å². The number of benzene rings is 1. The second kappa shape index (κ2) is 5.09. The fourth-order valence-electron chi connectivity index (χ4n) is 3.62. The molecule has 0 aliphatic heterocycles. The molecule has 0 amide bonds. The molecule has 2 atom stereocenters. The predicted molar refractivity (Wildman–Crippen MR) is 77.8 cm³/mol. The van der Waals surface area contributed by atoms with Crippen molar-refractivity contribution in [3.8, 4) is 6.07 Å². The molecule has 2 nitrogen and oxygen atoms in total. The summed E-state index contributed by atoms with van der Waals surface area (Å²) in [6.45, 7) is 1.88. The third kappa shape index (κ3) is 2.80. The van der Waals surface area contributed by atoms with E-state index < -0.39 is 5.54 Å². The van der Waals surface area contributed by atoms with E-state index in [9.17, 15) is 9.65 Å². The minimum Gasteiger partial charge on any atom is -0.367 e. The Bertz CT molecular complexity index is 524. The van der Waals surface area contributed by atoms with Crippen molar-refractivity contribution >= 4 is 5.69 Å². The Kier molecular flexibility index (Phi) is 3.41. The number of hydrogen-bond acceptors (Lipinski definition) is 2. The standard InChI is InChI=1S/C17H21FN2/c1-12-7-15(18)9-16(8-12)20-17(11-19)6-2-3-14(10-17)13-4-5-13/h7-9,13-14,20H,2-6,10H2,1H3. The van der Waals surface area contributed by atoms with Gasteiger partial charge in [-0.15, -0.1) is 0 Å². The molecule has 1 aromatic carbocycles. The highest BCUT2D eigenvalue weighted by molar-refractivity contribution is 5.50. The van der Waals surface area contributed by atoms with Gasteiger partial charge >= 0.3 is 0 Å². The van der Waals surface area contributed by atoms with Crippen LogP contribution in [0.3, 0.4) is 0 Å². The van der Waals surface area contributed by atoms with Crippen LogP contribution in [-0.4, -0.2) is 5.54 Å². The summed E-state index contributed by atoms with van der Waals surface area (Å²) in [7, 11) is 0. The molecule has 2 unspecified atom stereocenters. The highest BCUT2D eigenvalue weighted by atomic mass is 19.1. The third-order valence-electron chi connectivity index (χ3n) is 4.72. The molecule has 0 bridgehead atoms. The SMILES string of the molecule is Cc1cc(F)cc(NC2(C#N)CCCC(C3CC3)C2)c1. The van der Waals surface area contributed by atoms with Crippen LogP contribution in [0.4, 0.5) is 10.1 Å². The van der Waals surface area contributed by atoms with E-state index in [1.54, 1.807) is 0 Å². The van der Waals surface area contributed by atoms with Gasteiger partial charge in [0.25, 0.3) is 0 Å². The second-order valence-corrected chi connectivity index (χ2v) is 6.53. The molecule has 3 heteroatoms. The number of nitriles is 1. The van der Waals surface area contributed by atoms with Crippen LogP contribution in [-0.2, 0) is 0 Å². The molecule has 2 aliphatic carbocycles. The number of halogens is 1. The Balaban J connectivity index is 1.79. The van der Waals surface area contributed by atoms with Gasteiger partial charge in [0.15, 0.2) is 0 Å². The van der Waals surface area contributed by atoms with E-state index in [4.69, 9.17) is 0 Å². The van der Waals surface area contributed by atoms with E-state index >= 15 is 0 Å². The average Bonchev–Trinajstić information content (AvgIpc) is 3.22. The lowest BCUT2D eigenvalue weighted by molar-refractivity contribution is 0.263. The van der Waals surface area contributed by atoms with Crippen molar-refractivity contribution in [2.24, 2.45) is 11.8 Å². The molecule has 1 N–H and O–H groups in total. The van der Waals surface area contributed by atoms with Crippen molar-refractivity contribution < 1.29 is 4.39 Å². The first-order valence-electron chi connectivity index (χ1n) is 7.57. The van der Waals surface area contributed by atoms with Crippen LogP contribution in [0.1, 0.15) is 44.1 Å². The quantitative estimate of drug-likeness (QED) is 0.884. The van der Waals surface area contributed by atoms with E-state index in [0.717, 1.165) is 36.4 Å². The maximum atomic E-state index is 13.5. The van der Waals surface area contributed by atoms with Gasteiger partial charge in [-0.1, -0.05) is 0 Å². The molecule has 0 aromatic heterocycles. The summed E-state index contributed by atoms with van der Waals surface area (Å²) in [4.78, 5) is 0. The number of nitrogens with one attached hydrogen (secondary N) is 1. The molecule has 2 saturated carbocycles. The second-order valence-electron chi connectivity index (χ2n) is 6.53. The fraction of sp³-hybridized carbons (Fsp3) is 0.588. The Morgan fingerprint density at radius 3 is 2.70 bits per heavy atom. The van der Waals surface area contributed by atoms with Crippen LogP contribution in [0, 0.1) is 35.9 Å². The van der Waals surface area contributed by atoms with Crippen LogP contribution >= 0.6 is 0 Å². The first kappa shape index (κ1) is 13.4. The minimum absolute atomic E-state index is 0.241. The summed E-state index contributed by atoms with van der Waals surface area (Å²) in [6.07, 6.45) is 6.76. The topological polar surface area (TPSA) is 35.8 Å². The van der Waals surface area contributed by atoms with Gasteiger partial charge in [0.2, 0.25) is 0 Å². The van der Waals surface area contributed by atoms with Crippen molar-refractivity contribution in [2.45, 2.75) is 51.0 Å². The van der Waals surface area contributed by atoms with Crippen LogP contribution < -0.4 is 5.32 Å². The third-order valence-corrected chi connectivity index (χ3v) is 4.72. The maximum absolute atomic E-state index is 13.5. The van der Waals surface area contributed by atoms with Gasteiger partial charge in [-0.05, 0) is 81.0 Å². The normalized spacial score (nSPS) is 29.8. The molecule has 0 spiro atoms. The molecule has 0 heterocycles. The van der Waals surface area contributed by atoms with E-state index in [-0.39, 0.29) is 5.82 Å². The molecule has 20 heavy (non-hydrogen) atoms. The highest BCUT2D eigenvalue weighted by Crippen LogP contribution is 2.47. The van der Waals surface area contributed by atoms with Gasteiger partial charge < -0.3 is 5.32 Å². The van der Waals surface area contributed by atoms with Crippen molar-refractivity contribution in [1.82, 2.24) is 0 Å². The van der Waals surface area contributed by atoms with Crippen LogP contribution in [0.15, 0.2) is 18.2 Å². The zero-order valence-corrected chi connectivity index (χ0v) is 12.0. The van der Waals surface area contributed by atoms with Crippen molar-refractivity contribution in [3.63, 3.8) is 0 Å². The van der Waals surface area contributed by atoms with Crippen LogP contribution in [0.25, 0.3) is 0 Å². The van der Waals surface area contributed by atoms with Gasteiger partial charge in [-0.2, -0.15) is 5.26 Å². The number of anilines is 1. The lowest BCUT2D eigenvalue weighted by Gasteiger charge is -2.37. The van der Waals surface area contributed by atoms with Gasteiger partial charge in [-0.25, -0.2) is 4.39 Å². The Morgan fingerprint density at radius 1 is 1.25 bits per heavy atom. The molecule has 106 valence electrons. The van der Waals surface area contributed by atoms with Crippen molar-refractivity contribution in [1.29, 1.82) is 5.26 Å². The largest absolute Gasteiger partial charge is 0.367 e. The summed E-state index contributed by atoms with van der Waals surface area (Å²) in [5.41, 5.74) is 1.11. The van der Waals surface area contributed by atoms with Crippen molar-refractivity contribution in [3.05, 3.63) is 29.6 Å². The van der Waals surface area contributed by atoms with Crippen LogP contribution in [0.2, 0.25) is 0 Å². The Hall–Kier alpha value is -1.56. The van der Waals surface area contributed by atoms with E-state index in [1.807, 2.05) is 13.0 Å². The average molecular weight is 272 g/mol. The Labute approximate surface area is 120 Å². The minimum atomic E-state index is -0.508. The summed E-state index contributed by atoms with van der Waals surface area (Å²) < 4.78 is 13.5. The first-order valence-corrected chi connectivity index (χ1v) is 7.57. The summed E-state index contributed by atoms with van der Waals surface area (Å²) in [5, 5.41) is 13.0. The van der Waals surface area contributed by atoms with Gasteiger partial charge in [0.05, 0.1) is 6.07 Å². The summed E-state index contributed by atoms with van der Waals surface area (Å²) >= 11 is 0. The zero-order chi connectivity index (χ0) is 14.2. The predicted octanol–water partition coefficient (Wildman–Crippen LogP) is 4.41. The molecule has 0 radical (unpaired) electrons. The molecule has 1 aromatic rings. The highest BCUT2D eigenvalue weighted by Gasteiger charge is 2.42. The molecule has 3 rings (SSSR count). The summed E-state index contributed by atoms with van der Waals surface area (Å²) in [5.74, 6) is 1.26. The van der Waals surface area contributed by atoms with Gasteiger partial charge in [0.1, 0.15) is 11.4 Å². The number of rotatable bonds is 3. The Morgan fingerprint density at radius 2 is 2.05 bits per heavy atom. The van der Waals surface area contributed by atoms with Gasteiger partial charge in [-0.3, -0.25) is 0 Å². The van der Waals surface area contributed by atoms with Crippen LogP contribution in [0.5, 0.6) is 0 Å². The lowest BCUT2D eigenvalue weighted by atomic mass is 9.74. The first-order chi connectivity index (χ1) is 9.60. The number of aryl methyl sites for hydroxylation is 1. The molecule has 2 fully saturated rings. The zero-order valence-electron chi connectivity index (χ0n) is 12.0. The fourth-order valence-corrected chi connectivity index (χ4v) is 3.62. The molecule has 0 saturated heterocycles. The smallest absolute Gasteiger partial charge is 0.125 e. The maximum Gasteiger partial charge on any atom is 0.125 e. The molecular weight excluding hydrogens is 251 g/mol. The number of hydrogen-bond donors (Lipinski definition) is 1. The number of nitrogens with zero attached hydrogens (tertiary/aromatic N) is 1. The molecular formula is C17H21FN2. The van der Waals surface area contributed by atoms with Crippen molar-refractivity contribution in [2.75, 3.05) is 5.32 Å². The monoisotopic (exact) mass is 272 g/mol. The molecule has 2 aliphatic rings.